The van der Waals surface area contributed by atoms with Gasteiger partial charge in [-0.2, -0.15) is 5.10 Å². The van der Waals surface area contributed by atoms with E-state index in [-0.39, 0.29) is 24.9 Å². The van der Waals surface area contributed by atoms with Gasteiger partial charge in [0, 0.05) is 49.3 Å². The molecule has 1 N–H and O–H groups in total. The molecular formula is C36H35N7O6. The molecule has 4 aliphatic rings. The number of carboxylic acids is 1. The Morgan fingerprint density at radius 3 is 2.73 bits per heavy atom. The van der Waals surface area contributed by atoms with Gasteiger partial charge in [-0.3, -0.25) is 4.68 Å². The summed E-state index contributed by atoms with van der Waals surface area (Å²) in [5, 5.41) is 15.7. The van der Waals surface area contributed by atoms with Crippen molar-refractivity contribution >= 4 is 39.5 Å². The number of hydrogen-bond donors (Lipinski definition) is 1. The summed E-state index contributed by atoms with van der Waals surface area (Å²) in [4.78, 5) is 31.4. The van der Waals surface area contributed by atoms with Gasteiger partial charge in [0.2, 0.25) is 5.88 Å². The van der Waals surface area contributed by atoms with Gasteiger partial charge in [-0.15, -0.1) is 0 Å². The number of morpholine rings is 1. The summed E-state index contributed by atoms with van der Waals surface area (Å²) in [6.07, 6.45) is 5.31. The van der Waals surface area contributed by atoms with E-state index in [0.29, 0.717) is 66.0 Å². The number of carbonyl (C=O) groups is 1. The Hall–Kier alpha value is -5.19. The second kappa shape index (κ2) is 11.5. The third-order valence-corrected chi connectivity index (χ3v) is 10.1. The highest BCUT2D eigenvalue weighted by Gasteiger charge is 2.50. The van der Waals surface area contributed by atoms with Crippen LogP contribution in [0, 0.1) is 11.8 Å². The number of rotatable bonds is 6. The highest BCUT2D eigenvalue weighted by Crippen LogP contribution is 2.44. The second-order valence-electron chi connectivity index (χ2n) is 13.4. The van der Waals surface area contributed by atoms with E-state index >= 15 is 0 Å². The van der Waals surface area contributed by atoms with Crippen LogP contribution in [-0.4, -0.2) is 92.5 Å². The van der Waals surface area contributed by atoms with Gasteiger partial charge in [-0.25, -0.2) is 19.7 Å². The molecule has 9 rings (SSSR count). The first-order valence-corrected chi connectivity index (χ1v) is 16.7. The van der Waals surface area contributed by atoms with Crippen LogP contribution in [0.1, 0.15) is 49.2 Å². The summed E-state index contributed by atoms with van der Waals surface area (Å²) in [5.41, 5.74) is 3.62. The Bertz CT molecular complexity index is 2160. The lowest BCUT2D eigenvalue weighted by atomic mass is 9.90. The lowest BCUT2D eigenvalue weighted by molar-refractivity contribution is -0.228. The maximum absolute atomic E-state index is 12.8. The first-order chi connectivity index (χ1) is 23.8. The molecule has 1 saturated carbocycles. The zero-order chi connectivity index (χ0) is 33.3. The topological polar surface area (TPSA) is 141 Å². The van der Waals surface area contributed by atoms with E-state index < -0.39 is 23.7 Å². The number of aliphatic carboxylic acids is 1. The van der Waals surface area contributed by atoms with Gasteiger partial charge in [0.1, 0.15) is 46.1 Å². The summed E-state index contributed by atoms with van der Waals surface area (Å²) in [5.74, 6) is 7.26. The maximum Gasteiger partial charge on any atom is 0.326 e. The van der Waals surface area contributed by atoms with Gasteiger partial charge in [0.25, 0.3) is 0 Å². The van der Waals surface area contributed by atoms with Crippen LogP contribution in [0.2, 0.25) is 0 Å². The van der Waals surface area contributed by atoms with E-state index in [4.69, 9.17) is 33.6 Å². The number of anilines is 2. The van der Waals surface area contributed by atoms with Crippen LogP contribution in [-0.2, 0) is 21.3 Å². The number of pyridine rings is 1. The first kappa shape index (κ1) is 29.9. The molecule has 0 unspecified atom stereocenters. The number of fused-ring (bicyclic) bond motifs is 3. The van der Waals surface area contributed by atoms with E-state index in [2.05, 4.69) is 28.8 Å². The van der Waals surface area contributed by atoms with Crippen molar-refractivity contribution in [1.29, 1.82) is 0 Å². The largest absolute Gasteiger partial charge is 0.480 e. The van der Waals surface area contributed by atoms with Gasteiger partial charge in [0.05, 0.1) is 32.4 Å². The molecule has 0 bridgehead atoms. The molecule has 3 atom stereocenters. The quantitative estimate of drug-likeness (QED) is 0.264. The molecule has 250 valence electrons. The average molecular weight is 662 g/mol. The number of aromatic nitrogens is 5. The standard InChI is InChI=1S/C36H35N7O6/c1-21-36(19-46-20-36)47-14-13-42(21)27-15-22(7-10-24-11-12-41(2)40-24)17-37-34(27)48-25-16-28(35(44)45)43(18-25)33-31-30(38-32(39-33)23-8-9-23)26-5-3-4-6-29(26)49-31/h3-6,11-12,15,17,21,23,25,28H,8-9,13-14,16,18-20H2,1-2H3,(H,44,45)/t21-,25-,28-/m0/s1. The molecule has 4 fully saturated rings. The van der Waals surface area contributed by atoms with Crippen molar-refractivity contribution in [3.63, 3.8) is 0 Å². The van der Waals surface area contributed by atoms with E-state index in [9.17, 15) is 9.90 Å². The molecule has 1 spiro atoms. The van der Waals surface area contributed by atoms with Crippen molar-refractivity contribution in [2.24, 2.45) is 7.05 Å². The van der Waals surface area contributed by atoms with Crippen molar-refractivity contribution in [2.45, 2.75) is 55.9 Å². The minimum Gasteiger partial charge on any atom is -0.480 e. The number of nitrogens with zero attached hydrogens (tertiary/aromatic N) is 7. The van der Waals surface area contributed by atoms with Crippen molar-refractivity contribution in [2.75, 3.05) is 42.7 Å². The van der Waals surface area contributed by atoms with Gasteiger partial charge in [-0.05, 0) is 50.0 Å². The predicted octanol–water partition coefficient (Wildman–Crippen LogP) is 3.89. The number of aryl methyl sites for hydroxylation is 1. The lowest BCUT2D eigenvalue weighted by Crippen LogP contribution is -2.68. The number of para-hydroxylation sites is 1. The molecule has 13 heteroatoms. The van der Waals surface area contributed by atoms with Gasteiger partial charge in [-0.1, -0.05) is 18.1 Å². The van der Waals surface area contributed by atoms with E-state index in [1.54, 1.807) is 15.8 Å². The van der Waals surface area contributed by atoms with Gasteiger partial charge >= 0.3 is 5.97 Å². The molecule has 0 radical (unpaired) electrons. The van der Waals surface area contributed by atoms with Crippen LogP contribution < -0.4 is 14.5 Å². The minimum absolute atomic E-state index is 0.0202. The fourth-order valence-electron chi connectivity index (χ4n) is 7.15. The smallest absolute Gasteiger partial charge is 0.326 e. The number of hydrogen-bond acceptors (Lipinski definition) is 11. The molecule has 1 aromatic carbocycles. The minimum atomic E-state index is -0.955. The zero-order valence-corrected chi connectivity index (χ0v) is 27.2. The van der Waals surface area contributed by atoms with E-state index in [1.165, 1.54) is 0 Å². The normalized spacial score (nSPS) is 23.1. The van der Waals surface area contributed by atoms with Crippen molar-refractivity contribution in [3.05, 3.63) is 65.9 Å². The highest BCUT2D eigenvalue weighted by atomic mass is 16.6. The van der Waals surface area contributed by atoms with E-state index in [0.717, 1.165) is 29.7 Å². The molecule has 4 aromatic heterocycles. The summed E-state index contributed by atoms with van der Waals surface area (Å²) in [6.45, 7) is 4.59. The fourth-order valence-corrected chi connectivity index (χ4v) is 7.15. The molecule has 3 aliphatic heterocycles. The van der Waals surface area contributed by atoms with Crippen LogP contribution in [0.15, 0.2) is 53.2 Å². The Kier molecular flexibility index (Phi) is 7.00. The maximum atomic E-state index is 12.8. The number of benzene rings is 1. The average Bonchev–Trinajstić information content (AvgIpc) is 3.54. The van der Waals surface area contributed by atoms with Crippen LogP contribution in [0.5, 0.6) is 5.88 Å². The Morgan fingerprint density at radius 1 is 1.12 bits per heavy atom. The molecule has 5 aromatic rings. The van der Waals surface area contributed by atoms with Crippen LogP contribution in [0.4, 0.5) is 11.5 Å². The van der Waals surface area contributed by atoms with Crippen molar-refractivity contribution < 1.29 is 28.5 Å². The second-order valence-corrected chi connectivity index (χ2v) is 13.4. The summed E-state index contributed by atoms with van der Waals surface area (Å²) in [7, 11) is 1.85. The SMILES string of the molecule is C[C@@H]1N(c2cc(C#Cc3ccn(C)n3)cnc2O[C@H]2C[C@@H](C(=O)O)N(c3nc(C4CC4)nc4c3oc3ccccc34)C2)CCOC12COC2. The summed E-state index contributed by atoms with van der Waals surface area (Å²) >= 11 is 0. The third-order valence-electron chi connectivity index (χ3n) is 10.1. The van der Waals surface area contributed by atoms with Crippen LogP contribution in [0.3, 0.4) is 0 Å². The Labute approximate surface area is 281 Å². The van der Waals surface area contributed by atoms with Crippen LogP contribution in [0.25, 0.3) is 22.1 Å². The monoisotopic (exact) mass is 661 g/mol. The van der Waals surface area contributed by atoms with Crippen molar-refractivity contribution in [1.82, 2.24) is 24.7 Å². The lowest BCUT2D eigenvalue weighted by Gasteiger charge is -2.53. The van der Waals surface area contributed by atoms with E-state index in [1.807, 2.05) is 49.6 Å². The molecule has 7 heterocycles. The molecule has 0 amide bonds. The predicted molar refractivity (Wildman–Crippen MR) is 179 cm³/mol. The molecule has 13 nitrogen and oxygen atoms in total. The van der Waals surface area contributed by atoms with Gasteiger partial charge in [0.15, 0.2) is 11.4 Å². The molecular weight excluding hydrogens is 626 g/mol. The molecule has 3 saturated heterocycles. The number of ether oxygens (including phenoxy) is 3. The fraction of sp³-hybridized carbons (Fsp3) is 0.417. The number of furan rings is 1. The Balaban J connectivity index is 1.07. The van der Waals surface area contributed by atoms with Crippen molar-refractivity contribution in [3.8, 4) is 17.7 Å². The number of carboxylic acid groups (broad SMARTS) is 1. The zero-order valence-electron chi connectivity index (χ0n) is 27.2. The molecule has 49 heavy (non-hydrogen) atoms. The van der Waals surface area contributed by atoms with Crippen LogP contribution >= 0.6 is 0 Å². The summed E-state index contributed by atoms with van der Waals surface area (Å²) < 4.78 is 26.5. The Morgan fingerprint density at radius 2 is 1.98 bits per heavy atom. The molecule has 1 aliphatic carbocycles. The first-order valence-electron chi connectivity index (χ1n) is 16.7. The third kappa shape index (κ3) is 5.23. The highest BCUT2D eigenvalue weighted by molar-refractivity contribution is 6.06. The summed E-state index contributed by atoms with van der Waals surface area (Å²) in [6, 6.07) is 10.7. The van der Waals surface area contributed by atoms with Gasteiger partial charge < -0.3 is 33.5 Å².